The van der Waals surface area contributed by atoms with Gasteiger partial charge >= 0.3 is 5.97 Å². The van der Waals surface area contributed by atoms with E-state index in [1.807, 2.05) is 0 Å². The number of phenolic OH excluding ortho intramolecular Hbond substituents is 1. The Hall–Kier alpha value is -1.75. The van der Waals surface area contributed by atoms with Crippen molar-refractivity contribution in [3.8, 4) is 5.75 Å². The fourth-order valence-electron chi connectivity index (χ4n) is 1.55. The highest BCUT2D eigenvalue weighted by Crippen LogP contribution is 2.22. The van der Waals surface area contributed by atoms with E-state index < -0.39 is 17.4 Å². The maximum Gasteiger partial charge on any atom is 0.303 e. The molecule has 0 spiro atoms. The van der Waals surface area contributed by atoms with Gasteiger partial charge in [-0.15, -0.1) is 0 Å². The molecule has 1 amide bonds. The van der Waals surface area contributed by atoms with Gasteiger partial charge in [0.2, 0.25) is 0 Å². The number of hydrogen-bond donors (Lipinski definition) is 3. The molecule has 0 heterocycles. The quantitative estimate of drug-likeness (QED) is 0.775. The summed E-state index contributed by atoms with van der Waals surface area (Å²) in [5.74, 6) is -1.58. The first-order valence-electron chi connectivity index (χ1n) is 5.74. The molecule has 3 N–H and O–H groups in total. The van der Waals surface area contributed by atoms with Crippen LogP contribution in [-0.2, 0) is 4.79 Å². The number of aliphatic carboxylic acids is 1. The largest absolute Gasteiger partial charge is 0.507 e. The van der Waals surface area contributed by atoms with Crippen LogP contribution in [0.5, 0.6) is 5.75 Å². The highest BCUT2D eigenvalue weighted by Gasteiger charge is 2.23. The van der Waals surface area contributed by atoms with Crippen molar-refractivity contribution < 1.29 is 19.8 Å². The van der Waals surface area contributed by atoms with Crippen LogP contribution in [0.15, 0.2) is 18.2 Å². The second-order valence-corrected chi connectivity index (χ2v) is 5.33. The Bertz CT molecular complexity index is 499. The molecule has 0 atom stereocenters. The van der Waals surface area contributed by atoms with Crippen LogP contribution in [0.3, 0.4) is 0 Å². The van der Waals surface area contributed by atoms with Gasteiger partial charge in [-0.25, -0.2) is 0 Å². The van der Waals surface area contributed by atoms with Gasteiger partial charge in [0.05, 0.1) is 5.56 Å². The number of benzene rings is 1. The van der Waals surface area contributed by atoms with E-state index in [9.17, 15) is 14.7 Å². The highest BCUT2D eigenvalue weighted by molar-refractivity contribution is 6.31. The summed E-state index contributed by atoms with van der Waals surface area (Å²) in [6.45, 7) is 3.44. The molecule has 1 aromatic rings. The lowest BCUT2D eigenvalue weighted by atomic mass is 9.97. The molecule has 0 saturated carbocycles. The van der Waals surface area contributed by atoms with Gasteiger partial charge in [-0.2, -0.15) is 0 Å². The molecule has 19 heavy (non-hydrogen) atoms. The van der Waals surface area contributed by atoms with Crippen LogP contribution in [0.4, 0.5) is 0 Å². The third-order valence-electron chi connectivity index (χ3n) is 2.62. The van der Waals surface area contributed by atoms with Crippen LogP contribution >= 0.6 is 11.6 Å². The summed E-state index contributed by atoms with van der Waals surface area (Å²) < 4.78 is 0. The van der Waals surface area contributed by atoms with Gasteiger partial charge in [0.15, 0.2) is 0 Å². The molecule has 0 unspecified atom stereocenters. The van der Waals surface area contributed by atoms with E-state index in [1.54, 1.807) is 13.8 Å². The Morgan fingerprint density at radius 3 is 2.58 bits per heavy atom. The number of carbonyl (C=O) groups is 2. The van der Waals surface area contributed by atoms with Gasteiger partial charge in [0, 0.05) is 17.0 Å². The number of hydrogen-bond acceptors (Lipinski definition) is 3. The zero-order chi connectivity index (χ0) is 14.6. The molecule has 1 aromatic carbocycles. The van der Waals surface area contributed by atoms with E-state index in [0.29, 0.717) is 5.02 Å². The van der Waals surface area contributed by atoms with Gasteiger partial charge in [-0.05, 0) is 38.5 Å². The first kappa shape index (κ1) is 15.3. The lowest BCUT2D eigenvalue weighted by Crippen LogP contribution is -2.43. The first-order chi connectivity index (χ1) is 8.71. The average Bonchev–Trinajstić information content (AvgIpc) is 2.29. The number of carboxylic acid groups (broad SMARTS) is 1. The van der Waals surface area contributed by atoms with Crippen LogP contribution in [0, 0.1) is 0 Å². The summed E-state index contributed by atoms with van der Waals surface area (Å²) in [7, 11) is 0. The van der Waals surface area contributed by atoms with Crippen LogP contribution in [0.25, 0.3) is 0 Å². The molecule has 1 rings (SSSR count). The predicted molar refractivity (Wildman–Crippen MR) is 71.5 cm³/mol. The van der Waals surface area contributed by atoms with Crippen LogP contribution in [0.1, 0.15) is 37.0 Å². The van der Waals surface area contributed by atoms with Crippen LogP contribution in [-0.4, -0.2) is 27.6 Å². The number of halogens is 1. The standard InChI is InChI=1S/C13H16ClNO4/c1-13(2,6-5-11(17)18)15-12(19)9-7-8(14)3-4-10(9)16/h3-4,7,16H,5-6H2,1-2H3,(H,15,19)(H,17,18). The van der Waals surface area contributed by atoms with E-state index in [-0.39, 0.29) is 24.2 Å². The zero-order valence-electron chi connectivity index (χ0n) is 10.7. The third kappa shape index (κ3) is 4.79. The topological polar surface area (TPSA) is 86.6 Å². The van der Waals surface area contributed by atoms with Crippen LogP contribution < -0.4 is 5.32 Å². The number of aromatic hydroxyl groups is 1. The molecule has 104 valence electrons. The fourth-order valence-corrected chi connectivity index (χ4v) is 1.72. The van der Waals surface area contributed by atoms with Gasteiger partial charge in [0.1, 0.15) is 5.75 Å². The molecular weight excluding hydrogens is 270 g/mol. The molecule has 0 aliphatic rings. The lowest BCUT2D eigenvalue weighted by Gasteiger charge is -2.25. The summed E-state index contributed by atoms with van der Waals surface area (Å²) in [5.41, 5.74) is -0.625. The smallest absolute Gasteiger partial charge is 0.303 e. The second-order valence-electron chi connectivity index (χ2n) is 4.89. The normalized spacial score (nSPS) is 11.1. The minimum absolute atomic E-state index is 0.0468. The van der Waals surface area contributed by atoms with E-state index in [1.165, 1.54) is 18.2 Å². The van der Waals surface area contributed by atoms with Crippen molar-refractivity contribution in [3.05, 3.63) is 28.8 Å². The Balaban J connectivity index is 2.78. The molecule has 0 aliphatic heterocycles. The maximum atomic E-state index is 12.0. The second kappa shape index (κ2) is 5.93. The van der Waals surface area contributed by atoms with Crippen molar-refractivity contribution in [2.24, 2.45) is 0 Å². The Kier molecular flexibility index (Phi) is 4.78. The SMILES string of the molecule is CC(C)(CCC(=O)O)NC(=O)c1cc(Cl)ccc1O. The van der Waals surface area contributed by atoms with E-state index >= 15 is 0 Å². The maximum absolute atomic E-state index is 12.0. The van der Waals surface area contributed by atoms with Gasteiger partial charge < -0.3 is 15.5 Å². The summed E-state index contributed by atoms with van der Waals surface area (Å²) in [6.07, 6.45) is 0.240. The van der Waals surface area contributed by atoms with Crippen molar-refractivity contribution in [2.75, 3.05) is 0 Å². The molecule has 0 fully saturated rings. The predicted octanol–water partition coefficient (Wildman–Crippen LogP) is 2.42. The van der Waals surface area contributed by atoms with Crippen molar-refractivity contribution in [2.45, 2.75) is 32.2 Å². The molecule has 6 heteroatoms. The summed E-state index contributed by atoms with van der Waals surface area (Å²) in [5, 5.41) is 21.3. The highest BCUT2D eigenvalue weighted by atomic mass is 35.5. The summed E-state index contributed by atoms with van der Waals surface area (Å²) in [4.78, 5) is 22.5. The van der Waals surface area contributed by atoms with Crippen molar-refractivity contribution in [1.82, 2.24) is 5.32 Å². The van der Waals surface area contributed by atoms with E-state index in [0.717, 1.165) is 0 Å². The molecule has 5 nitrogen and oxygen atoms in total. The van der Waals surface area contributed by atoms with Crippen molar-refractivity contribution >= 4 is 23.5 Å². The van der Waals surface area contributed by atoms with Crippen LogP contribution in [0.2, 0.25) is 5.02 Å². The summed E-state index contributed by atoms with van der Waals surface area (Å²) >= 11 is 5.77. The van der Waals surface area contributed by atoms with E-state index in [4.69, 9.17) is 16.7 Å². The number of nitrogens with one attached hydrogen (secondary N) is 1. The molecule has 0 bridgehead atoms. The monoisotopic (exact) mass is 285 g/mol. The molecule has 0 radical (unpaired) electrons. The Labute approximate surface area is 116 Å². The molecular formula is C13H16ClNO4. The molecule has 0 saturated heterocycles. The van der Waals surface area contributed by atoms with Gasteiger partial charge in [0.25, 0.3) is 5.91 Å². The number of rotatable bonds is 5. The molecule has 0 aromatic heterocycles. The number of carbonyl (C=O) groups excluding carboxylic acids is 1. The van der Waals surface area contributed by atoms with Crippen molar-refractivity contribution in [3.63, 3.8) is 0 Å². The zero-order valence-corrected chi connectivity index (χ0v) is 11.5. The lowest BCUT2D eigenvalue weighted by molar-refractivity contribution is -0.137. The van der Waals surface area contributed by atoms with Gasteiger partial charge in [-0.3, -0.25) is 9.59 Å². The summed E-state index contributed by atoms with van der Waals surface area (Å²) in [6, 6.07) is 4.17. The number of phenols is 1. The van der Waals surface area contributed by atoms with Crippen molar-refractivity contribution in [1.29, 1.82) is 0 Å². The number of amides is 1. The fraction of sp³-hybridized carbons (Fsp3) is 0.385. The Morgan fingerprint density at radius 2 is 2.00 bits per heavy atom. The van der Waals surface area contributed by atoms with E-state index in [2.05, 4.69) is 5.32 Å². The minimum atomic E-state index is -0.923. The average molecular weight is 286 g/mol. The number of carboxylic acids is 1. The van der Waals surface area contributed by atoms with Gasteiger partial charge in [-0.1, -0.05) is 11.6 Å². The molecule has 0 aliphatic carbocycles. The minimum Gasteiger partial charge on any atom is -0.507 e. The first-order valence-corrected chi connectivity index (χ1v) is 6.12. The third-order valence-corrected chi connectivity index (χ3v) is 2.85. The Morgan fingerprint density at radius 1 is 1.37 bits per heavy atom.